The molecule has 0 aromatic heterocycles. The number of carbonyl (C=O) groups is 2. The number of hydrogen-bond donors (Lipinski definition) is 1. The summed E-state index contributed by atoms with van der Waals surface area (Å²) in [6.45, 7) is 1.57. The molecule has 0 aliphatic rings. The molecular formula is C17H14Cl3NO4. The molecule has 1 amide bonds. The summed E-state index contributed by atoms with van der Waals surface area (Å²) in [6, 6.07) is 9.18. The van der Waals surface area contributed by atoms with Gasteiger partial charge in [0.15, 0.2) is 6.10 Å². The minimum Gasteiger partial charge on any atom is -0.479 e. The van der Waals surface area contributed by atoms with Crippen molar-refractivity contribution in [3.05, 3.63) is 57.0 Å². The van der Waals surface area contributed by atoms with Gasteiger partial charge < -0.3 is 14.8 Å². The molecule has 0 saturated carbocycles. The van der Waals surface area contributed by atoms with Gasteiger partial charge in [-0.15, -0.1) is 0 Å². The second-order valence-corrected chi connectivity index (χ2v) is 6.26. The van der Waals surface area contributed by atoms with Crippen molar-refractivity contribution < 1.29 is 19.1 Å². The quantitative estimate of drug-likeness (QED) is 0.727. The van der Waals surface area contributed by atoms with Crippen LogP contribution in [-0.2, 0) is 9.53 Å². The van der Waals surface area contributed by atoms with Gasteiger partial charge in [-0.05, 0) is 43.3 Å². The van der Waals surface area contributed by atoms with Gasteiger partial charge in [0.2, 0.25) is 0 Å². The SMILES string of the molecule is COC(=O)c1cc(NC(=O)C(C)Oc2ccc(Cl)cc2Cl)ccc1Cl. The molecule has 25 heavy (non-hydrogen) atoms. The number of halogens is 3. The lowest BCUT2D eigenvalue weighted by Gasteiger charge is -2.16. The molecular weight excluding hydrogens is 389 g/mol. The van der Waals surface area contributed by atoms with Crippen molar-refractivity contribution in [3.8, 4) is 5.75 Å². The Kier molecular flexibility index (Phi) is 6.53. The molecule has 1 atom stereocenters. The zero-order valence-electron chi connectivity index (χ0n) is 13.3. The maximum atomic E-state index is 12.3. The fourth-order valence-corrected chi connectivity index (χ4v) is 2.58. The Balaban J connectivity index is 2.09. The highest BCUT2D eigenvalue weighted by atomic mass is 35.5. The number of carbonyl (C=O) groups excluding carboxylic acids is 2. The molecule has 0 aliphatic heterocycles. The van der Waals surface area contributed by atoms with Crippen LogP contribution in [0.25, 0.3) is 0 Å². The predicted octanol–water partition coefficient (Wildman–Crippen LogP) is 4.84. The Morgan fingerprint density at radius 1 is 1.04 bits per heavy atom. The fraction of sp³-hybridized carbons (Fsp3) is 0.176. The summed E-state index contributed by atoms with van der Waals surface area (Å²) in [5.41, 5.74) is 0.531. The van der Waals surface area contributed by atoms with Crippen LogP contribution in [0.4, 0.5) is 5.69 Å². The van der Waals surface area contributed by atoms with E-state index < -0.39 is 18.0 Å². The number of methoxy groups -OCH3 is 1. The van der Waals surface area contributed by atoms with E-state index in [4.69, 9.17) is 39.5 Å². The highest BCUT2D eigenvalue weighted by Crippen LogP contribution is 2.28. The van der Waals surface area contributed by atoms with Gasteiger partial charge >= 0.3 is 5.97 Å². The Hall–Kier alpha value is -1.95. The standard InChI is InChI=1S/C17H14Cl3NO4/c1-9(25-15-6-3-10(18)7-14(15)20)16(22)21-11-4-5-13(19)12(8-11)17(23)24-2/h3-9H,1-2H3,(H,21,22). The molecule has 2 aromatic rings. The third-order valence-corrected chi connectivity index (χ3v) is 4.07. The van der Waals surface area contributed by atoms with Crippen LogP contribution in [0.1, 0.15) is 17.3 Å². The second-order valence-electron chi connectivity index (χ2n) is 5.01. The molecule has 2 aromatic carbocycles. The summed E-state index contributed by atoms with van der Waals surface area (Å²) >= 11 is 17.8. The maximum Gasteiger partial charge on any atom is 0.339 e. The van der Waals surface area contributed by atoms with Gasteiger partial charge in [0, 0.05) is 10.7 Å². The van der Waals surface area contributed by atoms with Crippen LogP contribution in [0.5, 0.6) is 5.75 Å². The van der Waals surface area contributed by atoms with Crippen molar-refractivity contribution in [2.75, 3.05) is 12.4 Å². The summed E-state index contributed by atoms with van der Waals surface area (Å²) in [6.07, 6.45) is -0.837. The molecule has 0 heterocycles. The molecule has 0 bridgehead atoms. The van der Waals surface area contributed by atoms with E-state index in [0.717, 1.165) is 0 Å². The second kappa shape index (κ2) is 8.43. The van der Waals surface area contributed by atoms with Crippen molar-refractivity contribution in [3.63, 3.8) is 0 Å². The van der Waals surface area contributed by atoms with Crippen molar-refractivity contribution in [2.24, 2.45) is 0 Å². The Morgan fingerprint density at radius 3 is 2.40 bits per heavy atom. The molecule has 1 N–H and O–H groups in total. The first-order valence-electron chi connectivity index (χ1n) is 7.12. The molecule has 2 rings (SSSR count). The highest BCUT2D eigenvalue weighted by molar-refractivity contribution is 6.35. The van der Waals surface area contributed by atoms with E-state index in [1.165, 1.54) is 25.3 Å². The molecule has 0 radical (unpaired) electrons. The van der Waals surface area contributed by atoms with E-state index in [0.29, 0.717) is 21.5 Å². The number of esters is 1. The lowest BCUT2D eigenvalue weighted by Crippen LogP contribution is -2.30. The number of anilines is 1. The molecule has 5 nitrogen and oxygen atoms in total. The van der Waals surface area contributed by atoms with Crippen LogP contribution in [0.15, 0.2) is 36.4 Å². The first kappa shape index (κ1) is 19.4. The normalized spacial score (nSPS) is 11.6. The minimum atomic E-state index is -0.837. The Morgan fingerprint density at radius 2 is 1.76 bits per heavy atom. The lowest BCUT2D eigenvalue weighted by molar-refractivity contribution is -0.122. The zero-order chi connectivity index (χ0) is 18.6. The Bertz CT molecular complexity index is 810. The first-order valence-corrected chi connectivity index (χ1v) is 8.25. The third kappa shape index (κ3) is 5.01. The molecule has 8 heteroatoms. The topological polar surface area (TPSA) is 64.6 Å². The van der Waals surface area contributed by atoms with Gasteiger partial charge in [-0.3, -0.25) is 4.79 Å². The Labute approximate surface area is 159 Å². The van der Waals surface area contributed by atoms with Gasteiger partial charge in [-0.25, -0.2) is 4.79 Å². The molecule has 0 aliphatic carbocycles. The number of nitrogens with one attached hydrogen (secondary N) is 1. The van der Waals surface area contributed by atoms with E-state index in [-0.39, 0.29) is 10.6 Å². The molecule has 0 saturated heterocycles. The van der Waals surface area contributed by atoms with E-state index in [1.807, 2.05) is 0 Å². The van der Waals surface area contributed by atoms with Gasteiger partial charge in [-0.2, -0.15) is 0 Å². The molecule has 0 fully saturated rings. The average molecular weight is 403 g/mol. The van der Waals surface area contributed by atoms with Gasteiger partial charge in [0.1, 0.15) is 5.75 Å². The maximum absolute atomic E-state index is 12.3. The van der Waals surface area contributed by atoms with Crippen LogP contribution >= 0.6 is 34.8 Å². The minimum absolute atomic E-state index is 0.149. The highest BCUT2D eigenvalue weighted by Gasteiger charge is 2.18. The third-order valence-electron chi connectivity index (χ3n) is 3.21. The predicted molar refractivity (Wildman–Crippen MR) is 98.0 cm³/mol. The average Bonchev–Trinajstić information content (AvgIpc) is 2.58. The lowest BCUT2D eigenvalue weighted by atomic mass is 10.2. The van der Waals surface area contributed by atoms with E-state index >= 15 is 0 Å². The number of hydrogen-bond acceptors (Lipinski definition) is 4. The fourth-order valence-electron chi connectivity index (χ4n) is 1.93. The first-order chi connectivity index (χ1) is 11.8. The molecule has 0 spiro atoms. The van der Waals surface area contributed by atoms with Crippen LogP contribution in [0, 0.1) is 0 Å². The van der Waals surface area contributed by atoms with Crippen LogP contribution in [0.2, 0.25) is 15.1 Å². The number of amides is 1. The van der Waals surface area contributed by atoms with E-state index in [9.17, 15) is 9.59 Å². The van der Waals surface area contributed by atoms with Gasteiger partial charge in [0.05, 0.1) is 22.7 Å². The number of ether oxygens (including phenoxy) is 2. The zero-order valence-corrected chi connectivity index (χ0v) is 15.6. The van der Waals surface area contributed by atoms with Crippen molar-refractivity contribution in [1.29, 1.82) is 0 Å². The summed E-state index contributed by atoms with van der Waals surface area (Å²) in [4.78, 5) is 23.9. The van der Waals surface area contributed by atoms with Crippen LogP contribution in [0.3, 0.4) is 0 Å². The van der Waals surface area contributed by atoms with Crippen molar-refractivity contribution in [1.82, 2.24) is 0 Å². The van der Waals surface area contributed by atoms with E-state index in [2.05, 4.69) is 10.1 Å². The smallest absolute Gasteiger partial charge is 0.339 e. The molecule has 132 valence electrons. The summed E-state index contributed by atoms with van der Waals surface area (Å²) in [7, 11) is 1.25. The van der Waals surface area contributed by atoms with E-state index in [1.54, 1.807) is 25.1 Å². The van der Waals surface area contributed by atoms with Gasteiger partial charge in [-0.1, -0.05) is 34.8 Å². The van der Waals surface area contributed by atoms with Gasteiger partial charge in [0.25, 0.3) is 5.91 Å². The van der Waals surface area contributed by atoms with Crippen LogP contribution < -0.4 is 10.1 Å². The van der Waals surface area contributed by atoms with Crippen molar-refractivity contribution in [2.45, 2.75) is 13.0 Å². The number of benzene rings is 2. The largest absolute Gasteiger partial charge is 0.479 e. The van der Waals surface area contributed by atoms with Crippen molar-refractivity contribution >= 4 is 52.4 Å². The monoisotopic (exact) mass is 401 g/mol. The number of rotatable bonds is 5. The summed E-state index contributed by atoms with van der Waals surface area (Å²) in [5.74, 6) is -0.692. The van der Waals surface area contributed by atoms with Crippen LogP contribution in [-0.4, -0.2) is 25.1 Å². The summed E-state index contributed by atoms with van der Waals surface area (Å²) < 4.78 is 10.2. The summed E-state index contributed by atoms with van der Waals surface area (Å²) in [5, 5.41) is 3.63. The molecule has 1 unspecified atom stereocenters.